The lowest BCUT2D eigenvalue weighted by molar-refractivity contribution is 0.584. The maximum absolute atomic E-state index is 12.3. The fourth-order valence-electron chi connectivity index (χ4n) is 2.27. The van der Waals surface area contributed by atoms with Crippen LogP contribution in [0.25, 0.3) is 11.2 Å². The number of nitrogens with zero attached hydrogens (tertiary/aromatic N) is 3. The number of aromatic amines is 1. The van der Waals surface area contributed by atoms with Crippen LogP contribution < -0.4 is 11.3 Å². The third kappa shape index (κ3) is 2.05. The summed E-state index contributed by atoms with van der Waals surface area (Å²) in [6, 6.07) is 9.99. The summed E-state index contributed by atoms with van der Waals surface area (Å²) in [5, 5.41) is 0. The predicted octanol–water partition coefficient (Wildman–Crippen LogP) is 1.51. The van der Waals surface area contributed by atoms with Crippen LogP contribution in [0.15, 0.2) is 41.5 Å². The van der Waals surface area contributed by atoms with Gasteiger partial charge in [-0.1, -0.05) is 37.3 Å². The zero-order chi connectivity index (χ0) is 14.1. The highest BCUT2D eigenvalue weighted by Crippen LogP contribution is 2.17. The topological polar surface area (TPSA) is 89.6 Å². The number of rotatable bonds is 3. The van der Waals surface area contributed by atoms with Gasteiger partial charge in [-0.3, -0.25) is 9.36 Å². The average molecular weight is 269 g/mol. The standard InChI is InChI=1S/C14H15N5O/c1-9(10-5-3-2-4-6-10)7-19-13(20)11-12(17-8-16-11)18-14(19)15/h2-6,8-9H,7H2,1H3,(H2,15,18)(H,16,17)/t9-/m1/s1. The highest BCUT2D eigenvalue weighted by molar-refractivity contribution is 5.69. The summed E-state index contributed by atoms with van der Waals surface area (Å²) in [4.78, 5) is 23.3. The van der Waals surface area contributed by atoms with E-state index in [1.165, 1.54) is 10.9 Å². The number of hydrogen-bond donors (Lipinski definition) is 2. The van der Waals surface area contributed by atoms with Gasteiger partial charge in [0.05, 0.1) is 6.33 Å². The molecule has 0 aliphatic heterocycles. The van der Waals surface area contributed by atoms with Crippen LogP contribution in [0.4, 0.5) is 5.95 Å². The SMILES string of the molecule is C[C@H](Cn1c(N)nc2[nH]cnc2c1=O)c1ccccc1. The number of imidazole rings is 1. The van der Waals surface area contributed by atoms with E-state index in [1.807, 2.05) is 30.3 Å². The molecule has 102 valence electrons. The number of hydrogen-bond acceptors (Lipinski definition) is 4. The van der Waals surface area contributed by atoms with Crippen molar-refractivity contribution < 1.29 is 0 Å². The Morgan fingerprint density at radius 1 is 1.35 bits per heavy atom. The Kier molecular flexibility index (Phi) is 2.98. The fraction of sp³-hybridized carbons (Fsp3) is 0.214. The Labute approximate surface area is 115 Å². The first-order chi connectivity index (χ1) is 9.66. The van der Waals surface area contributed by atoms with E-state index in [2.05, 4.69) is 21.9 Å². The molecule has 2 heterocycles. The lowest BCUT2D eigenvalue weighted by Crippen LogP contribution is -2.26. The van der Waals surface area contributed by atoms with Crippen molar-refractivity contribution in [2.75, 3.05) is 5.73 Å². The van der Waals surface area contributed by atoms with Crippen LogP contribution in [-0.4, -0.2) is 19.5 Å². The molecule has 6 heteroatoms. The second-order valence-corrected chi connectivity index (χ2v) is 4.80. The van der Waals surface area contributed by atoms with Crippen LogP contribution in [0, 0.1) is 0 Å². The number of aromatic nitrogens is 4. The fourth-order valence-corrected chi connectivity index (χ4v) is 2.27. The van der Waals surface area contributed by atoms with Crippen molar-refractivity contribution in [3.05, 3.63) is 52.6 Å². The molecule has 0 spiro atoms. The van der Waals surface area contributed by atoms with Crippen molar-refractivity contribution in [1.82, 2.24) is 19.5 Å². The van der Waals surface area contributed by atoms with E-state index >= 15 is 0 Å². The molecule has 0 amide bonds. The van der Waals surface area contributed by atoms with Gasteiger partial charge in [-0.05, 0) is 11.5 Å². The van der Waals surface area contributed by atoms with Gasteiger partial charge in [-0.15, -0.1) is 0 Å². The summed E-state index contributed by atoms with van der Waals surface area (Å²) in [5.74, 6) is 0.365. The van der Waals surface area contributed by atoms with Gasteiger partial charge in [0.2, 0.25) is 5.95 Å². The van der Waals surface area contributed by atoms with Gasteiger partial charge in [-0.25, -0.2) is 4.98 Å². The summed E-state index contributed by atoms with van der Waals surface area (Å²) in [6.07, 6.45) is 1.45. The molecule has 3 aromatic rings. The molecule has 0 radical (unpaired) electrons. The quantitative estimate of drug-likeness (QED) is 0.754. The molecule has 0 saturated heterocycles. The van der Waals surface area contributed by atoms with Gasteiger partial charge in [0.25, 0.3) is 5.56 Å². The third-order valence-electron chi connectivity index (χ3n) is 3.39. The van der Waals surface area contributed by atoms with Crippen molar-refractivity contribution in [3.63, 3.8) is 0 Å². The van der Waals surface area contributed by atoms with Gasteiger partial charge in [0, 0.05) is 6.54 Å². The first-order valence-electron chi connectivity index (χ1n) is 6.41. The number of nitrogens with two attached hydrogens (primary N) is 1. The summed E-state index contributed by atoms with van der Waals surface area (Å²) in [5.41, 5.74) is 7.57. The van der Waals surface area contributed by atoms with Crippen molar-refractivity contribution in [1.29, 1.82) is 0 Å². The number of nitrogens with one attached hydrogen (secondary N) is 1. The van der Waals surface area contributed by atoms with Gasteiger partial charge in [0.1, 0.15) is 0 Å². The van der Waals surface area contributed by atoms with Crippen molar-refractivity contribution >= 4 is 17.1 Å². The Morgan fingerprint density at radius 3 is 2.85 bits per heavy atom. The first-order valence-corrected chi connectivity index (χ1v) is 6.41. The molecule has 6 nitrogen and oxygen atoms in total. The maximum atomic E-state index is 12.3. The van der Waals surface area contributed by atoms with Gasteiger partial charge in [-0.2, -0.15) is 4.98 Å². The molecule has 0 saturated carbocycles. The largest absolute Gasteiger partial charge is 0.369 e. The van der Waals surface area contributed by atoms with Crippen LogP contribution in [-0.2, 0) is 6.54 Å². The van der Waals surface area contributed by atoms with Crippen LogP contribution in [0.2, 0.25) is 0 Å². The third-order valence-corrected chi connectivity index (χ3v) is 3.39. The summed E-state index contributed by atoms with van der Waals surface area (Å²) in [6.45, 7) is 2.53. The zero-order valence-corrected chi connectivity index (χ0v) is 11.1. The lowest BCUT2D eigenvalue weighted by atomic mass is 10.0. The molecule has 3 rings (SSSR count). The van der Waals surface area contributed by atoms with Crippen LogP contribution >= 0.6 is 0 Å². The highest BCUT2D eigenvalue weighted by Gasteiger charge is 2.14. The van der Waals surface area contributed by atoms with Crippen LogP contribution in [0.1, 0.15) is 18.4 Å². The lowest BCUT2D eigenvalue weighted by Gasteiger charge is -2.15. The number of fused-ring (bicyclic) bond motifs is 1. The summed E-state index contributed by atoms with van der Waals surface area (Å²) >= 11 is 0. The molecular formula is C14H15N5O. The smallest absolute Gasteiger partial charge is 0.283 e. The van der Waals surface area contributed by atoms with Gasteiger partial charge < -0.3 is 10.7 Å². The number of benzene rings is 1. The molecule has 2 aromatic heterocycles. The number of H-pyrrole nitrogens is 1. The zero-order valence-electron chi connectivity index (χ0n) is 11.1. The van der Waals surface area contributed by atoms with Crippen molar-refractivity contribution in [2.45, 2.75) is 19.4 Å². The molecule has 0 aliphatic carbocycles. The molecule has 0 bridgehead atoms. The molecule has 20 heavy (non-hydrogen) atoms. The Bertz CT molecular complexity index is 790. The summed E-state index contributed by atoms with van der Waals surface area (Å²) < 4.78 is 1.47. The number of nitrogen functional groups attached to an aromatic ring is 1. The minimum absolute atomic E-state index is 0.161. The van der Waals surface area contributed by atoms with E-state index in [1.54, 1.807) is 0 Å². The maximum Gasteiger partial charge on any atom is 0.283 e. The molecule has 0 fully saturated rings. The molecule has 1 atom stereocenters. The molecule has 3 N–H and O–H groups in total. The Morgan fingerprint density at radius 2 is 2.10 bits per heavy atom. The molecule has 0 unspecified atom stereocenters. The minimum Gasteiger partial charge on any atom is -0.369 e. The van der Waals surface area contributed by atoms with E-state index < -0.39 is 0 Å². The second kappa shape index (κ2) is 4.80. The van der Waals surface area contributed by atoms with Gasteiger partial charge >= 0.3 is 0 Å². The van der Waals surface area contributed by atoms with E-state index in [-0.39, 0.29) is 17.4 Å². The first kappa shape index (κ1) is 12.4. The minimum atomic E-state index is -0.212. The molecule has 0 aliphatic rings. The second-order valence-electron chi connectivity index (χ2n) is 4.80. The van der Waals surface area contributed by atoms with E-state index in [4.69, 9.17) is 5.73 Å². The van der Waals surface area contributed by atoms with Crippen molar-refractivity contribution in [3.8, 4) is 0 Å². The normalized spacial score (nSPS) is 12.7. The molecule has 1 aromatic carbocycles. The van der Waals surface area contributed by atoms with E-state index in [0.717, 1.165) is 5.56 Å². The average Bonchev–Trinajstić information content (AvgIpc) is 2.92. The highest BCUT2D eigenvalue weighted by atomic mass is 16.1. The van der Waals surface area contributed by atoms with E-state index in [0.29, 0.717) is 17.7 Å². The Balaban J connectivity index is 2.00. The number of anilines is 1. The van der Waals surface area contributed by atoms with E-state index in [9.17, 15) is 4.79 Å². The molecular weight excluding hydrogens is 254 g/mol. The van der Waals surface area contributed by atoms with Crippen LogP contribution in [0.5, 0.6) is 0 Å². The Hall–Kier alpha value is -2.63. The predicted molar refractivity (Wildman–Crippen MR) is 77.4 cm³/mol. The monoisotopic (exact) mass is 269 g/mol. The van der Waals surface area contributed by atoms with Crippen LogP contribution in [0.3, 0.4) is 0 Å². The van der Waals surface area contributed by atoms with Crippen molar-refractivity contribution in [2.24, 2.45) is 0 Å². The summed E-state index contributed by atoms with van der Waals surface area (Å²) in [7, 11) is 0. The van der Waals surface area contributed by atoms with Gasteiger partial charge in [0.15, 0.2) is 11.2 Å².